The van der Waals surface area contributed by atoms with Gasteiger partial charge >= 0.3 is 6.09 Å². The first-order valence-corrected chi connectivity index (χ1v) is 13.9. The van der Waals surface area contributed by atoms with E-state index in [9.17, 15) is 19.2 Å². The summed E-state index contributed by atoms with van der Waals surface area (Å²) in [4.78, 5) is 54.3. The van der Waals surface area contributed by atoms with Gasteiger partial charge in [-0.3, -0.25) is 14.4 Å². The van der Waals surface area contributed by atoms with E-state index in [1.165, 1.54) is 0 Å². The number of nitrogens with two attached hydrogens (primary N) is 1. The lowest BCUT2D eigenvalue weighted by molar-refractivity contribution is -0.146. The van der Waals surface area contributed by atoms with Gasteiger partial charge in [-0.2, -0.15) is 0 Å². The van der Waals surface area contributed by atoms with Crippen LogP contribution in [-0.2, 0) is 19.1 Å². The predicted molar refractivity (Wildman–Crippen MR) is 156 cm³/mol. The highest BCUT2D eigenvalue weighted by atomic mass is 16.6. The van der Waals surface area contributed by atoms with Gasteiger partial charge in [-0.15, -0.1) is 0 Å². The highest BCUT2D eigenvalue weighted by Gasteiger charge is 2.42. The molecule has 0 bridgehead atoms. The normalized spacial score (nSPS) is 14.7. The fourth-order valence-corrected chi connectivity index (χ4v) is 4.61. The Morgan fingerprint density at radius 2 is 1.68 bits per heavy atom. The minimum absolute atomic E-state index is 0.0314. The molecule has 1 saturated carbocycles. The van der Waals surface area contributed by atoms with Crippen LogP contribution in [0.15, 0.2) is 42.5 Å². The number of amides is 4. The number of alkyl carbamates (subject to hydrolysis) is 1. The minimum Gasteiger partial charge on any atom is -0.497 e. The summed E-state index contributed by atoms with van der Waals surface area (Å²) in [7, 11) is 1.56. The number of nitrogens with one attached hydrogen (secondary N) is 2. The highest BCUT2D eigenvalue weighted by Crippen LogP contribution is 2.35. The average Bonchev–Trinajstić information content (AvgIpc) is 2.86. The van der Waals surface area contributed by atoms with Crippen LogP contribution in [0.2, 0.25) is 0 Å². The molecule has 2 atom stereocenters. The summed E-state index contributed by atoms with van der Waals surface area (Å²) in [5.41, 5.74) is 7.82. The van der Waals surface area contributed by atoms with Crippen molar-refractivity contribution in [1.29, 1.82) is 0 Å². The lowest BCUT2D eigenvalue weighted by Crippen LogP contribution is -2.57. The molecule has 0 heterocycles. The number of carbonyl (C=O) groups excluding carboxylic acids is 4. The molecule has 222 valence electrons. The molecule has 3 rings (SSSR count). The van der Waals surface area contributed by atoms with Gasteiger partial charge in [-0.1, -0.05) is 18.2 Å². The van der Waals surface area contributed by atoms with Gasteiger partial charge in [0.1, 0.15) is 23.4 Å². The summed E-state index contributed by atoms with van der Waals surface area (Å²) in [6.45, 7) is 9.07. The molecule has 4 N–H and O–H groups in total. The van der Waals surface area contributed by atoms with E-state index in [1.54, 1.807) is 57.0 Å². The van der Waals surface area contributed by atoms with E-state index in [4.69, 9.17) is 15.2 Å². The van der Waals surface area contributed by atoms with Gasteiger partial charge in [0.05, 0.1) is 7.11 Å². The molecular formula is C31H42N4O6. The molecule has 4 amide bonds. The van der Waals surface area contributed by atoms with Crippen molar-refractivity contribution >= 4 is 29.5 Å². The SMILES string of the molecule is COc1ccc(NC(=O)C(c2ccc(C)c(C)c2)N(C(=O)C(CCC(N)=O)NC(=O)OC(C)(C)C)C2CCC2)cc1. The first kappa shape index (κ1) is 31.4. The van der Waals surface area contributed by atoms with Crippen LogP contribution in [0.3, 0.4) is 0 Å². The minimum atomic E-state index is -1.12. The maximum absolute atomic E-state index is 14.3. The summed E-state index contributed by atoms with van der Waals surface area (Å²) in [6.07, 6.45) is 1.36. The van der Waals surface area contributed by atoms with Gasteiger partial charge in [0.2, 0.25) is 11.8 Å². The van der Waals surface area contributed by atoms with Crippen LogP contribution >= 0.6 is 0 Å². The number of rotatable bonds is 11. The molecule has 0 radical (unpaired) electrons. The Morgan fingerprint density at radius 3 is 2.20 bits per heavy atom. The molecule has 2 unspecified atom stereocenters. The molecule has 0 saturated heterocycles. The van der Waals surface area contributed by atoms with Crippen LogP contribution in [0.5, 0.6) is 5.75 Å². The molecule has 2 aromatic rings. The molecule has 1 aliphatic carbocycles. The van der Waals surface area contributed by atoms with Crippen LogP contribution < -0.4 is 21.1 Å². The quantitative estimate of drug-likeness (QED) is 0.365. The number of hydrogen-bond acceptors (Lipinski definition) is 6. The van der Waals surface area contributed by atoms with Crippen LogP contribution in [0, 0.1) is 13.8 Å². The number of aryl methyl sites for hydroxylation is 2. The highest BCUT2D eigenvalue weighted by molar-refractivity contribution is 5.99. The van der Waals surface area contributed by atoms with Gasteiger partial charge in [-0.25, -0.2) is 4.79 Å². The van der Waals surface area contributed by atoms with Crippen molar-refractivity contribution in [2.75, 3.05) is 12.4 Å². The fourth-order valence-electron chi connectivity index (χ4n) is 4.61. The zero-order valence-electron chi connectivity index (χ0n) is 24.8. The van der Waals surface area contributed by atoms with E-state index in [0.29, 0.717) is 29.8 Å². The number of carbonyl (C=O) groups is 4. The number of ether oxygens (including phenoxy) is 2. The van der Waals surface area contributed by atoms with Crippen molar-refractivity contribution in [3.8, 4) is 5.75 Å². The Morgan fingerprint density at radius 1 is 1.02 bits per heavy atom. The van der Waals surface area contributed by atoms with Gasteiger partial charge in [0.15, 0.2) is 0 Å². The van der Waals surface area contributed by atoms with Gasteiger partial charge in [0.25, 0.3) is 5.91 Å². The Bertz CT molecular complexity index is 1250. The number of hydrogen-bond donors (Lipinski definition) is 3. The second kappa shape index (κ2) is 13.5. The van der Waals surface area contributed by atoms with Crippen molar-refractivity contribution in [2.24, 2.45) is 5.73 Å². The fraction of sp³-hybridized carbons (Fsp3) is 0.484. The molecule has 0 aromatic heterocycles. The Hall–Kier alpha value is -4.08. The Balaban J connectivity index is 2.03. The first-order chi connectivity index (χ1) is 19.3. The van der Waals surface area contributed by atoms with Crippen LogP contribution in [-0.4, -0.2) is 53.5 Å². The lowest BCUT2D eigenvalue weighted by atomic mass is 9.87. The largest absolute Gasteiger partial charge is 0.497 e. The molecule has 0 aliphatic heterocycles. The summed E-state index contributed by atoms with van der Waals surface area (Å²) < 4.78 is 10.6. The third kappa shape index (κ3) is 8.70. The van der Waals surface area contributed by atoms with Crippen LogP contribution in [0.4, 0.5) is 10.5 Å². The number of benzene rings is 2. The zero-order valence-corrected chi connectivity index (χ0v) is 24.8. The maximum atomic E-state index is 14.3. The van der Waals surface area contributed by atoms with Crippen LogP contribution in [0.1, 0.15) is 75.6 Å². The predicted octanol–water partition coefficient (Wildman–Crippen LogP) is 4.53. The summed E-state index contributed by atoms with van der Waals surface area (Å²) in [6, 6.07) is 10.3. The van der Waals surface area contributed by atoms with E-state index in [-0.39, 0.29) is 18.9 Å². The maximum Gasteiger partial charge on any atom is 0.408 e. The lowest BCUT2D eigenvalue weighted by Gasteiger charge is -2.43. The second-order valence-electron chi connectivity index (χ2n) is 11.5. The van der Waals surface area contributed by atoms with Crippen molar-refractivity contribution < 1.29 is 28.7 Å². The molecule has 1 fully saturated rings. The Kier molecular flexibility index (Phi) is 10.4. The number of nitrogens with zero attached hydrogens (tertiary/aromatic N) is 1. The topological polar surface area (TPSA) is 140 Å². The van der Waals surface area contributed by atoms with Crippen molar-refractivity contribution in [3.63, 3.8) is 0 Å². The molecule has 41 heavy (non-hydrogen) atoms. The third-order valence-corrected chi connectivity index (χ3v) is 7.12. The van der Waals surface area contributed by atoms with E-state index >= 15 is 0 Å². The molecule has 10 heteroatoms. The zero-order chi connectivity index (χ0) is 30.3. The number of methoxy groups -OCH3 is 1. The monoisotopic (exact) mass is 566 g/mol. The number of anilines is 1. The summed E-state index contributed by atoms with van der Waals surface area (Å²) in [5.74, 6) is -0.836. The van der Waals surface area contributed by atoms with Crippen molar-refractivity contribution in [2.45, 2.75) is 90.4 Å². The van der Waals surface area contributed by atoms with Gasteiger partial charge in [0, 0.05) is 18.2 Å². The molecular weight excluding hydrogens is 524 g/mol. The van der Waals surface area contributed by atoms with E-state index < -0.39 is 41.5 Å². The molecule has 0 spiro atoms. The van der Waals surface area contributed by atoms with E-state index in [1.807, 2.05) is 32.0 Å². The smallest absolute Gasteiger partial charge is 0.408 e. The van der Waals surface area contributed by atoms with Gasteiger partial charge in [-0.05, 0) is 101 Å². The van der Waals surface area contributed by atoms with E-state index in [2.05, 4.69) is 10.6 Å². The summed E-state index contributed by atoms with van der Waals surface area (Å²) >= 11 is 0. The standard InChI is InChI=1S/C31H42N4O6/c1-19-10-11-21(18-20(19)2)27(28(37)33-22-12-14-24(40-6)15-13-22)35(23-8-7-9-23)29(38)25(16-17-26(32)36)34-30(39)41-31(3,4)5/h10-15,18,23,25,27H,7-9,16-17H2,1-6H3,(H2,32,36)(H,33,37)(H,34,39). The van der Waals surface area contributed by atoms with Crippen molar-refractivity contribution in [3.05, 3.63) is 59.2 Å². The van der Waals surface area contributed by atoms with Crippen molar-refractivity contribution in [1.82, 2.24) is 10.2 Å². The van der Waals surface area contributed by atoms with Gasteiger partial charge < -0.3 is 30.7 Å². The summed E-state index contributed by atoms with van der Waals surface area (Å²) in [5, 5.41) is 5.59. The first-order valence-electron chi connectivity index (χ1n) is 13.9. The third-order valence-electron chi connectivity index (χ3n) is 7.12. The second-order valence-corrected chi connectivity index (χ2v) is 11.5. The van der Waals surface area contributed by atoms with E-state index in [0.717, 1.165) is 17.5 Å². The Labute approximate surface area is 241 Å². The molecule has 2 aromatic carbocycles. The molecule has 1 aliphatic rings. The molecule has 10 nitrogen and oxygen atoms in total. The number of primary amides is 1. The van der Waals surface area contributed by atoms with Crippen LogP contribution in [0.25, 0.3) is 0 Å². The average molecular weight is 567 g/mol.